The fourth-order valence-electron chi connectivity index (χ4n) is 1.75. The van der Waals surface area contributed by atoms with Crippen molar-refractivity contribution in [2.75, 3.05) is 13.6 Å². The van der Waals surface area contributed by atoms with Crippen molar-refractivity contribution < 1.29 is 4.79 Å². The van der Waals surface area contributed by atoms with Crippen molar-refractivity contribution >= 4 is 11.7 Å². The normalized spacial score (nSPS) is 19.2. The predicted octanol–water partition coefficient (Wildman–Crippen LogP) is -0.000200. The van der Waals surface area contributed by atoms with E-state index in [2.05, 4.69) is 15.6 Å². The molecule has 1 amide bonds. The van der Waals surface area contributed by atoms with Gasteiger partial charge in [0.1, 0.15) is 5.84 Å². The Hall–Kier alpha value is -1.88. The lowest BCUT2D eigenvalue weighted by Crippen LogP contribution is -2.52. The molecule has 96 valence electrons. The van der Waals surface area contributed by atoms with Crippen LogP contribution in [0.1, 0.15) is 17.5 Å². The Morgan fingerprint density at radius 2 is 2.17 bits per heavy atom. The van der Waals surface area contributed by atoms with Gasteiger partial charge in [-0.25, -0.2) is 0 Å². The van der Waals surface area contributed by atoms with Gasteiger partial charge in [-0.1, -0.05) is 24.3 Å². The standard InChI is InChI=1S/C13H18N4O/c1-15-12(14)10-4-2-9(3-5-10)8-17-13(18)11-6-7-16-11/h2-5,11,16H,6-8H2,1H3,(H2,14,15)(H,17,18). The number of carbonyl (C=O) groups is 1. The minimum absolute atomic E-state index is 0.00728. The lowest BCUT2D eigenvalue weighted by molar-refractivity contribution is -0.124. The molecule has 5 heteroatoms. The summed E-state index contributed by atoms with van der Waals surface area (Å²) in [5.41, 5.74) is 7.65. The Morgan fingerprint density at radius 3 is 2.67 bits per heavy atom. The Balaban J connectivity index is 1.88. The molecular weight excluding hydrogens is 228 g/mol. The van der Waals surface area contributed by atoms with Crippen LogP contribution in [0.4, 0.5) is 0 Å². The summed E-state index contributed by atoms with van der Waals surface area (Å²) in [7, 11) is 1.66. The minimum atomic E-state index is -0.00728. The Kier molecular flexibility index (Phi) is 3.94. The number of benzene rings is 1. The zero-order valence-electron chi connectivity index (χ0n) is 10.4. The average molecular weight is 246 g/mol. The fourth-order valence-corrected chi connectivity index (χ4v) is 1.75. The minimum Gasteiger partial charge on any atom is -0.384 e. The summed E-state index contributed by atoms with van der Waals surface area (Å²) >= 11 is 0. The average Bonchev–Trinajstić information content (AvgIpc) is 2.34. The summed E-state index contributed by atoms with van der Waals surface area (Å²) in [6, 6.07) is 7.70. The molecule has 4 N–H and O–H groups in total. The molecule has 18 heavy (non-hydrogen) atoms. The van der Waals surface area contributed by atoms with E-state index >= 15 is 0 Å². The summed E-state index contributed by atoms with van der Waals surface area (Å²) in [6.45, 7) is 1.48. The molecule has 1 heterocycles. The second kappa shape index (κ2) is 5.64. The number of hydrogen-bond donors (Lipinski definition) is 3. The van der Waals surface area contributed by atoms with Gasteiger partial charge in [-0.3, -0.25) is 9.79 Å². The zero-order valence-corrected chi connectivity index (χ0v) is 10.4. The molecule has 1 atom stereocenters. The van der Waals surface area contributed by atoms with Crippen LogP contribution in [0.2, 0.25) is 0 Å². The number of nitrogens with one attached hydrogen (secondary N) is 2. The highest BCUT2D eigenvalue weighted by molar-refractivity contribution is 5.97. The zero-order chi connectivity index (χ0) is 13.0. The molecule has 0 spiro atoms. The van der Waals surface area contributed by atoms with Crippen molar-refractivity contribution in [3.05, 3.63) is 35.4 Å². The first kappa shape index (κ1) is 12.6. The second-order valence-corrected chi connectivity index (χ2v) is 4.32. The summed E-state index contributed by atoms with van der Waals surface area (Å²) in [5, 5.41) is 5.97. The molecule has 0 bridgehead atoms. The molecule has 1 aliphatic rings. The molecule has 0 aliphatic carbocycles. The largest absolute Gasteiger partial charge is 0.384 e. The van der Waals surface area contributed by atoms with Crippen LogP contribution >= 0.6 is 0 Å². The topological polar surface area (TPSA) is 79.5 Å². The number of hydrogen-bond acceptors (Lipinski definition) is 3. The van der Waals surface area contributed by atoms with Crippen LogP contribution < -0.4 is 16.4 Å². The van der Waals surface area contributed by atoms with E-state index in [1.54, 1.807) is 7.05 Å². The van der Waals surface area contributed by atoms with Gasteiger partial charge in [-0.05, 0) is 18.5 Å². The monoisotopic (exact) mass is 246 g/mol. The van der Waals surface area contributed by atoms with Crippen LogP contribution in [-0.4, -0.2) is 31.4 Å². The van der Waals surface area contributed by atoms with Gasteiger partial charge in [0.15, 0.2) is 0 Å². The van der Waals surface area contributed by atoms with Crippen LogP contribution in [0.5, 0.6) is 0 Å². The SMILES string of the molecule is CN=C(N)c1ccc(CNC(=O)C2CCN2)cc1. The van der Waals surface area contributed by atoms with Crippen molar-refractivity contribution in [3.63, 3.8) is 0 Å². The summed E-state index contributed by atoms with van der Waals surface area (Å²) in [5.74, 6) is 0.587. The van der Waals surface area contributed by atoms with E-state index < -0.39 is 0 Å². The number of nitrogens with two attached hydrogens (primary N) is 1. The molecule has 1 unspecified atom stereocenters. The second-order valence-electron chi connectivity index (χ2n) is 4.32. The Morgan fingerprint density at radius 1 is 1.50 bits per heavy atom. The van der Waals surface area contributed by atoms with Gasteiger partial charge in [0.05, 0.1) is 6.04 Å². The molecule has 0 aromatic heterocycles. The third-order valence-corrected chi connectivity index (χ3v) is 3.10. The van der Waals surface area contributed by atoms with Crippen molar-refractivity contribution in [3.8, 4) is 0 Å². The van der Waals surface area contributed by atoms with E-state index in [-0.39, 0.29) is 11.9 Å². The molecule has 2 rings (SSSR count). The van der Waals surface area contributed by atoms with Crippen LogP contribution in [0.3, 0.4) is 0 Å². The maximum absolute atomic E-state index is 11.6. The molecular formula is C13H18N4O. The highest BCUT2D eigenvalue weighted by Gasteiger charge is 2.23. The lowest BCUT2D eigenvalue weighted by Gasteiger charge is -2.26. The van der Waals surface area contributed by atoms with Crippen LogP contribution in [0.25, 0.3) is 0 Å². The molecule has 0 radical (unpaired) electrons. The number of aliphatic imine (C=N–C) groups is 1. The molecule has 1 aromatic carbocycles. The van der Waals surface area contributed by atoms with Gasteiger partial charge in [-0.15, -0.1) is 0 Å². The maximum atomic E-state index is 11.6. The van der Waals surface area contributed by atoms with E-state index in [1.807, 2.05) is 24.3 Å². The molecule has 1 fully saturated rings. The summed E-state index contributed by atoms with van der Waals surface area (Å²) in [4.78, 5) is 15.5. The van der Waals surface area contributed by atoms with Crippen LogP contribution in [0.15, 0.2) is 29.3 Å². The highest BCUT2D eigenvalue weighted by Crippen LogP contribution is 2.05. The van der Waals surface area contributed by atoms with Gasteiger partial charge in [-0.2, -0.15) is 0 Å². The number of amidine groups is 1. The maximum Gasteiger partial charge on any atom is 0.237 e. The van der Waals surface area contributed by atoms with Gasteiger partial charge in [0, 0.05) is 19.2 Å². The van der Waals surface area contributed by atoms with Crippen molar-refractivity contribution in [2.24, 2.45) is 10.7 Å². The third-order valence-electron chi connectivity index (χ3n) is 3.10. The number of rotatable bonds is 4. The predicted molar refractivity (Wildman–Crippen MR) is 71.3 cm³/mol. The number of amides is 1. The van der Waals surface area contributed by atoms with E-state index in [9.17, 15) is 4.79 Å². The Bertz CT molecular complexity index is 449. The van der Waals surface area contributed by atoms with Crippen molar-refractivity contribution in [1.29, 1.82) is 0 Å². The van der Waals surface area contributed by atoms with Crippen LogP contribution in [-0.2, 0) is 11.3 Å². The van der Waals surface area contributed by atoms with E-state index in [1.165, 1.54) is 0 Å². The van der Waals surface area contributed by atoms with E-state index in [4.69, 9.17) is 5.73 Å². The molecule has 1 saturated heterocycles. The van der Waals surface area contributed by atoms with Gasteiger partial charge < -0.3 is 16.4 Å². The first-order valence-corrected chi connectivity index (χ1v) is 6.03. The van der Waals surface area contributed by atoms with Gasteiger partial charge in [0.2, 0.25) is 5.91 Å². The molecule has 5 nitrogen and oxygen atoms in total. The van der Waals surface area contributed by atoms with Gasteiger partial charge >= 0.3 is 0 Å². The quantitative estimate of drug-likeness (QED) is 0.517. The first-order valence-electron chi connectivity index (χ1n) is 6.03. The van der Waals surface area contributed by atoms with Crippen molar-refractivity contribution in [1.82, 2.24) is 10.6 Å². The molecule has 1 aliphatic heterocycles. The van der Waals surface area contributed by atoms with Crippen LogP contribution in [0, 0.1) is 0 Å². The van der Waals surface area contributed by atoms with Gasteiger partial charge in [0.25, 0.3) is 0 Å². The third kappa shape index (κ3) is 2.87. The lowest BCUT2D eigenvalue weighted by atomic mass is 10.1. The number of nitrogens with zero attached hydrogens (tertiary/aromatic N) is 1. The first-order chi connectivity index (χ1) is 8.70. The van der Waals surface area contributed by atoms with E-state index in [0.717, 1.165) is 24.1 Å². The smallest absolute Gasteiger partial charge is 0.237 e. The Labute approximate surface area is 106 Å². The number of carbonyl (C=O) groups excluding carboxylic acids is 1. The molecule has 1 aromatic rings. The fraction of sp³-hybridized carbons (Fsp3) is 0.385. The van der Waals surface area contributed by atoms with Crippen molar-refractivity contribution in [2.45, 2.75) is 19.0 Å². The molecule has 0 saturated carbocycles. The highest BCUT2D eigenvalue weighted by atomic mass is 16.2. The van der Waals surface area contributed by atoms with E-state index in [0.29, 0.717) is 12.4 Å². The summed E-state index contributed by atoms with van der Waals surface area (Å²) < 4.78 is 0. The summed E-state index contributed by atoms with van der Waals surface area (Å²) in [6.07, 6.45) is 0.925.